The van der Waals surface area contributed by atoms with Gasteiger partial charge in [-0.05, 0) is 37.1 Å². The van der Waals surface area contributed by atoms with Gasteiger partial charge in [0.25, 0.3) is 0 Å². The zero-order valence-electron chi connectivity index (χ0n) is 23.8. The Hall–Kier alpha value is -4.22. The fourth-order valence-corrected chi connectivity index (χ4v) is 6.21. The van der Waals surface area contributed by atoms with Gasteiger partial charge in [-0.2, -0.15) is 4.98 Å². The summed E-state index contributed by atoms with van der Waals surface area (Å²) in [4.78, 5) is 22.7. The van der Waals surface area contributed by atoms with Crippen LogP contribution in [0.1, 0.15) is 12.6 Å². The largest absolute Gasteiger partial charge is 0.493 e. The highest BCUT2D eigenvalue weighted by Gasteiger charge is 2.22. The first-order chi connectivity index (χ1) is 20.0. The van der Waals surface area contributed by atoms with Crippen molar-refractivity contribution in [3.8, 4) is 45.6 Å². The van der Waals surface area contributed by atoms with E-state index in [0.717, 1.165) is 69.0 Å². The number of benzene rings is 2. The van der Waals surface area contributed by atoms with Gasteiger partial charge in [0, 0.05) is 31.7 Å². The van der Waals surface area contributed by atoms with Gasteiger partial charge in [0.2, 0.25) is 17.6 Å². The molecule has 11 heteroatoms. The smallest absolute Gasteiger partial charge is 0.236 e. The van der Waals surface area contributed by atoms with E-state index >= 15 is 0 Å². The fraction of sp³-hybridized carbons (Fsp3) is 0.333. The quantitative estimate of drug-likeness (QED) is 0.270. The lowest BCUT2D eigenvalue weighted by Crippen LogP contribution is -2.44. The third-order valence-corrected chi connectivity index (χ3v) is 8.20. The summed E-state index contributed by atoms with van der Waals surface area (Å²) >= 11 is 1.55. The maximum Gasteiger partial charge on any atom is 0.236 e. The molecule has 1 aliphatic rings. The number of nitrogens with one attached hydrogen (secondary N) is 1. The highest BCUT2D eigenvalue weighted by atomic mass is 32.1. The second kappa shape index (κ2) is 11.3. The lowest BCUT2D eigenvalue weighted by atomic mass is 10.0. The summed E-state index contributed by atoms with van der Waals surface area (Å²) in [6, 6.07) is 12.0. The van der Waals surface area contributed by atoms with Crippen molar-refractivity contribution in [2.75, 3.05) is 59.0 Å². The van der Waals surface area contributed by atoms with Crippen LogP contribution in [0.3, 0.4) is 0 Å². The summed E-state index contributed by atoms with van der Waals surface area (Å²) in [6.45, 7) is 8.01. The average molecular weight is 573 g/mol. The van der Waals surface area contributed by atoms with Gasteiger partial charge >= 0.3 is 0 Å². The first-order valence-electron chi connectivity index (χ1n) is 13.5. The molecule has 1 aliphatic heterocycles. The third-order valence-electron chi connectivity index (χ3n) is 7.14. The van der Waals surface area contributed by atoms with Crippen LogP contribution < -0.4 is 29.2 Å². The first kappa shape index (κ1) is 27.0. The molecule has 0 radical (unpaired) electrons. The van der Waals surface area contributed by atoms with E-state index in [4.69, 9.17) is 38.9 Å². The van der Waals surface area contributed by atoms with Gasteiger partial charge in [0.05, 0.1) is 39.0 Å². The minimum absolute atomic E-state index is 0.523. The minimum Gasteiger partial charge on any atom is -0.493 e. The van der Waals surface area contributed by atoms with Gasteiger partial charge in [0.15, 0.2) is 17.3 Å². The molecule has 0 saturated carbocycles. The Kier molecular flexibility index (Phi) is 7.46. The number of fused-ring (bicyclic) bond motifs is 3. The standard InChI is InChI=1S/C30H32N6O4S/c1-6-40-28-26-24(33-30(35-28)36-13-11-31-12-14-36)23-17(2)32-27(34-29(23)41-26)19-9-7-18(8-10-19)20-15-21(37-3)25(39-5)22(16-20)38-4/h7-10,15-16,31H,6,11-14H2,1-5H3. The minimum atomic E-state index is 0.523. The monoisotopic (exact) mass is 572 g/mol. The lowest BCUT2D eigenvalue weighted by molar-refractivity contribution is 0.324. The number of hydrogen-bond acceptors (Lipinski definition) is 11. The van der Waals surface area contributed by atoms with E-state index in [2.05, 4.69) is 10.2 Å². The van der Waals surface area contributed by atoms with Gasteiger partial charge in [-0.1, -0.05) is 24.3 Å². The summed E-state index contributed by atoms with van der Waals surface area (Å²) in [5, 5.41) is 4.33. The van der Waals surface area contributed by atoms with Crippen LogP contribution in [0.5, 0.6) is 23.1 Å². The maximum atomic E-state index is 5.98. The van der Waals surface area contributed by atoms with Crippen molar-refractivity contribution < 1.29 is 18.9 Å². The van der Waals surface area contributed by atoms with Crippen LogP contribution in [0.25, 0.3) is 42.9 Å². The Morgan fingerprint density at radius 1 is 0.854 bits per heavy atom. The molecule has 0 amide bonds. The molecule has 3 aromatic heterocycles. The van der Waals surface area contributed by atoms with Crippen molar-refractivity contribution in [1.82, 2.24) is 25.3 Å². The van der Waals surface area contributed by atoms with Crippen molar-refractivity contribution in [3.05, 3.63) is 42.1 Å². The van der Waals surface area contributed by atoms with Crippen LogP contribution in [0, 0.1) is 6.92 Å². The maximum absolute atomic E-state index is 5.98. The van der Waals surface area contributed by atoms with Crippen LogP contribution in [0.4, 0.5) is 5.95 Å². The molecule has 41 heavy (non-hydrogen) atoms. The molecule has 0 atom stereocenters. The number of methoxy groups -OCH3 is 3. The van der Waals surface area contributed by atoms with Crippen molar-refractivity contribution in [1.29, 1.82) is 0 Å². The number of aromatic nitrogens is 4. The number of thiophene rings is 1. The van der Waals surface area contributed by atoms with E-state index in [1.165, 1.54) is 0 Å². The summed E-state index contributed by atoms with van der Waals surface area (Å²) in [5.41, 5.74) is 4.59. The Labute approximate surface area is 242 Å². The van der Waals surface area contributed by atoms with Gasteiger partial charge in [-0.15, -0.1) is 11.3 Å². The van der Waals surface area contributed by atoms with Crippen molar-refractivity contribution in [2.45, 2.75) is 13.8 Å². The van der Waals surface area contributed by atoms with Crippen LogP contribution in [-0.2, 0) is 0 Å². The predicted molar refractivity (Wildman–Crippen MR) is 162 cm³/mol. The van der Waals surface area contributed by atoms with Crippen LogP contribution in [0.15, 0.2) is 36.4 Å². The molecule has 2 aromatic carbocycles. The summed E-state index contributed by atoms with van der Waals surface area (Å²) in [5.74, 6) is 3.72. The van der Waals surface area contributed by atoms with E-state index < -0.39 is 0 Å². The Morgan fingerprint density at radius 3 is 2.17 bits per heavy atom. The lowest BCUT2D eigenvalue weighted by Gasteiger charge is -2.27. The van der Waals surface area contributed by atoms with E-state index in [-0.39, 0.29) is 0 Å². The first-order valence-corrected chi connectivity index (χ1v) is 14.3. The number of anilines is 1. The topological polar surface area (TPSA) is 104 Å². The van der Waals surface area contributed by atoms with Gasteiger partial charge in [0.1, 0.15) is 15.0 Å². The van der Waals surface area contributed by atoms with E-state index in [1.807, 2.05) is 50.2 Å². The molecule has 10 nitrogen and oxygen atoms in total. The van der Waals surface area contributed by atoms with Crippen LogP contribution in [-0.4, -0.2) is 74.1 Å². The van der Waals surface area contributed by atoms with E-state index in [1.54, 1.807) is 32.7 Å². The predicted octanol–water partition coefficient (Wildman–Crippen LogP) is 5.11. The number of rotatable bonds is 8. The van der Waals surface area contributed by atoms with Crippen molar-refractivity contribution in [3.63, 3.8) is 0 Å². The molecule has 0 aliphatic carbocycles. The molecule has 5 aromatic rings. The van der Waals surface area contributed by atoms with Gasteiger partial charge in [-0.3, -0.25) is 0 Å². The second-order valence-corrected chi connectivity index (χ2v) is 10.6. The SMILES string of the molecule is CCOc1nc(N2CCNCC2)nc2c1sc1nc(-c3ccc(-c4cc(OC)c(OC)c(OC)c4)cc3)nc(C)c12. The molecule has 1 saturated heterocycles. The number of aryl methyl sites for hydroxylation is 1. The summed E-state index contributed by atoms with van der Waals surface area (Å²) in [6.07, 6.45) is 0. The highest BCUT2D eigenvalue weighted by molar-refractivity contribution is 7.25. The highest BCUT2D eigenvalue weighted by Crippen LogP contribution is 2.42. The van der Waals surface area contributed by atoms with Crippen LogP contribution in [0.2, 0.25) is 0 Å². The number of piperazine rings is 1. The Balaban J connectivity index is 1.39. The molecule has 1 N–H and O–H groups in total. The zero-order chi connectivity index (χ0) is 28.5. The normalized spacial score (nSPS) is 13.5. The number of nitrogens with zero attached hydrogens (tertiary/aromatic N) is 5. The van der Waals surface area contributed by atoms with E-state index in [9.17, 15) is 0 Å². The van der Waals surface area contributed by atoms with E-state index in [0.29, 0.717) is 41.5 Å². The molecule has 0 bridgehead atoms. The second-order valence-electron chi connectivity index (χ2n) is 9.58. The molecular weight excluding hydrogens is 540 g/mol. The molecule has 0 spiro atoms. The average Bonchev–Trinajstić information content (AvgIpc) is 3.40. The van der Waals surface area contributed by atoms with Crippen molar-refractivity contribution in [2.24, 2.45) is 0 Å². The zero-order valence-corrected chi connectivity index (χ0v) is 24.6. The van der Waals surface area contributed by atoms with Gasteiger partial charge in [-0.25, -0.2) is 15.0 Å². The molecule has 4 heterocycles. The van der Waals surface area contributed by atoms with Gasteiger partial charge < -0.3 is 29.2 Å². The summed E-state index contributed by atoms with van der Waals surface area (Å²) in [7, 11) is 4.82. The Morgan fingerprint density at radius 2 is 1.54 bits per heavy atom. The van der Waals surface area contributed by atoms with Crippen molar-refractivity contribution >= 4 is 37.7 Å². The van der Waals surface area contributed by atoms with Crippen LogP contribution >= 0.6 is 11.3 Å². The molecule has 0 unspecified atom stereocenters. The third kappa shape index (κ3) is 4.95. The number of hydrogen-bond donors (Lipinski definition) is 1. The molecule has 1 fully saturated rings. The molecule has 212 valence electrons. The molecular formula is C30H32N6O4S. The molecule has 6 rings (SSSR count). The summed E-state index contributed by atoms with van der Waals surface area (Å²) < 4.78 is 23.4. The fourth-order valence-electron chi connectivity index (χ4n) is 5.10. The number of ether oxygens (including phenoxy) is 4. The Bertz CT molecular complexity index is 1690.